The van der Waals surface area contributed by atoms with Gasteiger partial charge in [0, 0.05) is 17.0 Å². The number of anilines is 1. The summed E-state index contributed by atoms with van der Waals surface area (Å²) < 4.78 is 7.04. The molecule has 150 valence electrons. The van der Waals surface area contributed by atoms with E-state index in [9.17, 15) is 14.4 Å². The van der Waals surface area contributed by atoms with E-state index >= 15 is 0 Å². The minimum Gasteiger partial charge on any atom is -0.361 e. The molecule has 0 radical (unpaired) electrons. The molecule has 4 rings (SSSR count). The van der Waals surface area contributed by atoms with Crippen molar-refractivity contribution in [1.82, 2.24) is 20.8 Å². The van der Waals surface area contributed by atoms with E-state index in [1.165, 1.54) is 11.3 Å². The number of amides is 4. The molecule has 1 unspecified atom stereocenters. The number of aromatic nitrogens is 2. The third-order valence-electron chi connectivity index (χ3n) is 4.42. The molecular formula is C18H17N5O4S2. The highest BCUT2D eigenvalue weighted by Crippen LogP contribution is 2.34. The van der Waals surface area contributed by atoms with Gasteiger partial charge in [-0.3, -0.25) is 14.9 Å². The van der Waals surface area contributed by atoms with Gasteiger partial charge in [-0.25, -0.2) is 9.78 Å². The molecule has 3 aromatic rings. The van der Waals surface area contributed by atoms with Crippen molar-refractivity contribution in [1.29, 1.82) is 0 Å². The fourth-order valence-corrected chi connectivity index (χ4v) is 5.15. The Labute approximate surface area is 173 Å². The van der Waals surface area contributed by atoms with Crippen LogP contribution in [0.1, 0.15) is 23.4 Å². The molecule has 1 fully saturated rings. The highest BCUT2D eigenvalue weighted by molar-refractivity contribution is 8.00. The third-order valence-corrected chi connectivity index (χ3v) is 6.61. The van der Waals surface area contributed by atoms with E-state index in [1.54, 1.807) is 17.8 Å². The first-order valence-corrected chi connectivity index (χ1v) is 10.6. The van der Waals surface area contributed by atoms with Crippen LogP contribution in [0.3, 0.4) is 0 Å². The Morgan fingerprint density at radius 2 is 2.17 bits per heavy atom. The van der Waals surface area contributed by atoms with Crippen LogP contribution in [0.2, 0.25) is 0 Å². The summed E-state index contributed by atoms with van der Waals surface area (Å²) in [7, 11) is 0. The summed E-state index contributed by atoms with van der Waals surface area (Å²) >= 11 is 3.14. The standard InChI is InChI=1S/C18H17N5O4S2/c1-8-11(9(2)27-23-8)7-28-18-21-12-4-3-10(5-14(12)29-18)19-15(24)6-13-16(25)22-17(26)20-13/h3-5,13H,6-7H2,1-2H3,(H,19,24)(H2,20,22,25,26). The number of fused-ring (bicyclic) bond motifs is 1. The van der Waals surface area contributed by atoms with Gasteiger partial charge in [0.25, 0.3) is 5.91 Å². The summed E-state index contributed by atoms with van der Waals surface area (Å²) in [5.74, 6) is 0.681. The molecule has 3 heterocycles. The van der Waals surface area contributed by atoms with Gasteiger partial charge in [-0.2, -0.15) is 0 Å². The molecule has 1 saturated heterocycles. The Hall–Kier alpha value is -2.92. The largest absolute Gasteiger partial charge is 0.361 e. The van der Waals surface area contributed by atoms with Crippen LogP contribution in [-0.2, 0) is 15.3 Å². The van der Waals surface area contributed by atoms with E-state index in [0.29, 0.717) is 5.69 Å². The van der Waals surface area contributed by atoms with Gasteiger partial charge in [0.05, 0.1) is 22.3 Å². The Morgan fingerprint density at radius 3 is 2.86 bits per heavy atom. The monoisotopic (exact) mass is 431 g/mol. The van der Waals surface area contributed by atoms with Crippen LogP contribution in [0.15, 0.2) is 27.1 Å². The molecule has 1 aromatic carbocycles. The van der Waals surface area contributed by atoms with Crippen molar-refractivity contribution in [2.24, 2.45) is 0 Å². The summed E-state index contributed by atoms with van der Waals surface area (Å²) in [6.07, 6.45) is -0.128. The molecule has 0 saturated carbocycles. The molecule has 9 nitrogen and oxygen atoms in total. The molecule has 0 aliphatic carbocycles. The minimum atomic E-state index is -0.845. The zero-order chi connectivity index (χ0) is 20.5. The maximum Gasteiger partial charge on any atom is 0.322 e. The summed E-state index contributed by atoms with van der Waals surface area (Å²) in [4.78, 5) is 39.5. The predicted molar refractivity (Wildman–Crippen MR) is 109 cm³/mol. The Morgan fingerprint density at radius 1 is 1.34 bits per heavy atom. The van der Waals surface area contributed by atoms with Crippen LogP contribution < -0.4 is 16.0 Å². The van der Waals surface area contributed by atoms with E-state index < -0.39 is 18.0 Å². The van der Waals surface area contributed by atoms with Crippen LogP contribution in [0.25, 0.3) is 10.2 Å². The maximum absolute atomic E-state index is 12.2. The number of rotatable bonds is 6. The smallest absolute Gasteiger partial charge is 0.322 e. The van der Waals surface area contributed by atoms with Gasteiger partial charge in [-0.05, 0) is 32.0 Å². The summed E-state index contributed by atoms with van der Waals surface area (Å²) in [5.41, 5.74) is 3.41. The molecule has 1 aliphatic heterocycles. The second-order valence-electron chi connectivity index (χ2n) is 6.52. The van der Waals surface area contributed by atoms with Gasteiger partial charge in [0.2, 0.25) is 5.91 Å². The van der Waals surface area contributed by atoms with E-state index in [1.807, 2.05) is 26.0 Å². The van der Waals surface area contributed by atoms with Crippen LogP contribution in [0.4, 0.5) is 10.5 Å². The number of aryl methyl sites for hydroxylation is 2. The van der Waals surface area contributed by atoms with E-state index in [4.69, 9.17) is 4.52 Å². The lowest BCUT2D eigenvalue weighted by molar-refractivity contribution is -0.124. The van der Waals surface area contributed by atoms with Crippen molar-refractivity contribution in [3.05, 3.63) is 35.2 Å². The minimum absolute atomic E-state index is 0.128. The topological polar surface area (TPSA) is 126 Å². The van der Waals surface area contributed by atoms with Gasteiger partial charge in [-0.15, -0.1) is 11.3 Å². The maximum atomic E-state index is 12.2. The van der Waals surface area contributed by atoms with Crippen LogP contribution >= 0.6 is 23.1 Å². The van der Waals surface area contributed by atoms with Crippen LogP contribution in [0, 0.1) is 13.8 Å². The molecule has 1 atom stereocenters. The number of nitrogens with one attached hydrogen (secondary N) is 3. The SMILES string of the molecule is Cc1noc(C)c1CSc1nc2ccc(NC(=O)CC3NC(=O)NC3=O)cc2s1. The van der Waals surface area contributed by atoms with Crippen LogP contribution in [-0.4, -0.2) is 34.0 Å². The third kappa shape index (κ3) is 4.25. The number of hydrogen-bond acceptors (Lipinski definition) is 8. The van der Waals surface area contributed by atoms with Crippen LogP contribution in [0.5, 0.6) is 0 Å². The number of thioether (sulfide) groups is 1. The molecular weight excluding hydrogens is 414 g/mol. The number of hydrogen-bond donors (Lipinski definition) is 3. The first kappa shape index (κ1) is 19.4. The molecule has 4 amide bonds. The van der Waals surface area contributed by atoms with Gasteiger partial charge in [-0.1, -0.05) is 16.9 Å². The van der Waals surface area contributed by atoms with E-state index in [2.05, 4.69) is 26.1 Å². The highest BCUT2D eigenvalue weighted by atomic mass is 32.2. The first-order chi connectivity index (χ1) is 13.9. The zero-order valence-corrected chi connectivity index (χ0v) is 17.2. The normalized spacial score (nSPS) is 16.1. The molecule has 3 N–H and O–H groups in total. The quantitative estimate of drug-likeness (QED) is 0.405. The Bertz CT molecular complexity index is 1100. The number of carbonyl (C=O) groups excluding carboxylic acids is 3. The van der Waals surface area contributed by atoms with Crippen molar-refractivity contribution in [3.8, 4) is 0 Å². The highest BCUT2D eigenvalue weighted by Gasteiger charge is 2.31. The number of nitrogens with zero attached hydrogens (tertiary/aromatic N) is 2. The number of urea groups is 1. The number of thiazole rings is 1. The zero-order valence-electron chi connectivity index (χ0n) is 15.6. The fourth-order valence-electron chi connectivity index (χ4n) is 2.88. The number of carbonyl (C=O) groups is 3. The fraction of sp³-hybridized carbons (Fsp3) is 0.278. The first-order valence-electron chi connectivity index (χ1n) is 8.75. The lowest BCUT2D eigenvalue weighted by atomic mass is 10.2. The summed E-state index contributed by atoms with van der Waals surface area (Å²) in [6, 6.07) is 4.02. The molecule has 2 aromatic heterocycles. The van der Waals surface area contributed by atoms with Gasteiger partial charge in [0.15, 0.2) is 4.34 Å². The van der Waals surface area contributed by atoms with Crippen molar-refractivity contribution < 1.29 is 18.9 Å². The van der Waals surface area contributed by atoms with Crippen molar-refractivity contribution >= 4 is 56.8 Å². The van der Waals surface area contributed by atoms with Crippen molar-refractivity contribution in [2.75, 3.05) is 5.32 Å². The number of imide groups is 1. The average Bonchev–Trinajstić information content (AvgIpc) is 3.30. The molecule has 0 spiro atoms. The molecule has 0 bridgehead atoms. The summed E-state index contributed by atoms with van der Waals surface area (Å²) in [5, 5.41) is 11.2. The lowest BCUT2D eigenvalue weighted by Crippen LogP contribution is -2.33. The average molecular weight is 431 g/mol. The number of benzene rings is 1. The molecule has 1 aliphatic rings. The van der Waals surface area contributed by atoms with Gasteiger partial charge in [0.1, 0.15) is 11.8 Å². The van der Waals surface area contributed by atoms with Crippen molar-refractivity contribution in [3.63, 3.8) is 0 Å². The van der Waals surface area contributed by atoms with E-state index in [0.717, 1.165) is 37.3 Å². The second-order valence-corrected chi connectivity index (χ2v) is 8.77. The molecule has 29 heavy (non-hydrogen) atoms. The summed E-state index contributed by atoms with van der Waals surface area (Å²) in [6.45, 7) is 3.81. The Kier molecular flexibility index (Phi) is 5.24. The Balaban J connectivity index is 1.41. The lowest BCUT2D eigenvalue weighted by Gasteiger charge is -2.08. The van der Waals surface area contributed by atoms with E-state index in [-0.39, 0.29) is 12.3 Å². The van der Waals surface area contributed by atoms with Gasteiger partial charge >= 0.3 is 6.03 Å². The predicted octanol–water partition coefficient (Wildman–Crippen LogP) is 2.73. The van der Waals surface area contributed by atoms with Gasteiger partial charge < -0.3 is 15.2 Å². The van der Waals surface area contributed by atoms with Crippen molar-refractivity contribution in [2.45, 2.75) is 36.4 Å². The second kappa shape index (κ2) is 7.84. The molecule has 11 heteroatoms.